The molecule has 0 spiro atoms. The Bertz CT molecular complexity index is 732. The molecule has 0 radical (unpaired) electrons. The van der Waals surface area contributed by atoms with Gasteiger partial charge >= 0.3 is 0 Å². The zero-order chi connectivity index (χ0) is 15.6. The van der Waals surface area contributed by atoms with Gasteiger partial charge in [0, 0.05) is 18.0 Å². The molecule has 1 aromatic heterocycles. The molecule has 2 rings (SSSR count). The van der Waals surface area contributed by atoms with Crippen molar-refractivity contribution in [1.29, 1.82) is 0 Å². The number of aromatic nitrogens is 2. The molecular formula is C16H21N3O2. The minimum atomic E-state index is -0.243. The van der Waals surface area contributed by atoms with Crippen LogP contribution in [0.5, 0.6) is 0 Å². The lowest BCUT2D eigenvalue weighted by Crippen LogP contribution is -2.43. The second-order valence-corrected chi connectivity index (χ2v) is 5.88. The van der Waals surface area contributed by atoms with E-state index in [4.69, 9.17) is 0 Å². The van der Waals surface area contributed by atoms with Crippen molar-refractivity contribution < 1.29 is 4.79 Å². The van der Waals surface area contributed by atoms with Crippen LogP contribution in [-0.4, -0.2) is 21.2 Å². The lowest BCUT2D eigenvalue weighted by Gasteiger charge is -2.24. The monoisotopic (exact) mass is 287 g/mol. The van der Waals surface area contributed by atoms with Crippen molar-refractivity contribution in [2.75, 3.05) is 0 Å². The minimum absolute atomic E-state index is 0.0850. The van der Waals surface area contributed by atoms with E-state index in [1.807, 2.05) is 39.0 Å². The first kappa shape index (κ1) is 15.2. The van der Waals surface area contributed by atoms with Crippen LogP contribution in [0.25, 0.3) is 10.8 Å². The Kier molecular flexibility index (Phi) is 4.11. The molecule has 0 saturated carbocycles. The zero-order valence-corrected chi connectivity index (χ0v) is 12.9. The number of hydrogen-bond acceptors (Lipinski definition) is 3. The first-order valence-electron chi connectivity index (χ1n) is 7.10. The van der Waals surface area contributed by atoms with Crippen LogP contribution in [0.4, 0.5) is 0 Å². The molecule has 0 atom stereocenters. The van der Waals surface area contributed by atoms with Crippen molar-refractivity contribution in [2.24, 2.45) is 7.05 Å². The van der Waals surface area contributed by atoms with Crippen LogP contribution in [0.2, 0.25) is 0 Å². The number of fused-ring (bicyclic) bond motifs is 1. The number of nitrogens with one attached hydrogen (secondary N) is 1. The molecule has 5 heteroatoms. The largest absolute Gasteiger partial charge is 0.351 e. The molecule has 0 aliphatic rings. The molecule has 2 aromatic rings. The highest BCUT2D eigenvalue weighted by molar-refractivity contribution is 5.88. The highest BCUT2D eigenvalue weighted by atomic mass is 16.2. The summed E-state index contributed by atoms with van der Waals surface area (Å²) in [6.45, 7) is 5.99. The topological polar surface area (TPSA) is 64.0 Å². The number of aryl methyl sites for hydroxylation is 1. The second kappa shape index (κ2) is 5.68. The third-order valence-corrected chi connectivity index (χ3v) is 3.72. The minimum Gasteiger partial charge on any atom is -0.351 e. The summed E-state index contributed by atoms with van der Waals surface area (Å²) in [6.07, 6.45) is 1.01. The fourth-order valence-corrected chi connectivity index (χ4v) is 2.17. The molecule has 0 aliphatic heterocycles. The standard InChI is InChI=1S/C16H21N3O2/c1-5-16(2,3)17-14(20)10-13-11-8-6-7-9-12(11)15(21)19(4)18-13/h6-9H,5,10H2,1-4H3,(H,17,20). The van der Waals surface area contributed by atoms with Gasteiger partial charge in [0.1, 0.15) is 0 Å². The number of carbonyl (C=O) groups is 1. The molecule has 112 valence electrons. The smallest absolute Gasteiger partial charge is 0.274 e. The Morgan fingerprint density at radius 1 is 1.29 bits per heavy atom. The van der Waals surface area contributed by atoms with Crippen molar-refractivity contribution >= 4 is 16.7 Å². The van der Waals surface area contributed by atoms with Crippen LogP contribution in [0.15, 0.2) is 29.1 Å². The molecule has 0 saturated heterocycles. The summed E-state index contributed by atoms with van der Waals surface area (Å²) in [6, 6.07) is 7.25. The summed E-state index contributed by atoms with van der Waals surface area (Å²) >= 11 is 0. The van der Waals surface area contributed by atoms with Crippen molar-refractivity contribution in [3.05, 3.63) is 40.3 Å². The van der Waals surface area contributed by atoms with Gasteiger partial charge in [-0.15, -0.1) is 0 Å². The van der Waals surface area contributed by atoms with Gasteiger partial charge in [0.2, 0.25) is 5.91 Å². The number of rotatable bonds is 4. The highest BCUT2D eigenvalue weighted by Crippen LogP contribution is 2.14. The molecule has 0 unspecified atom stereocenters. The third-order valence-electron chi connectivity index (χ3n) is 3.72. The molecule has 1 aromatic carbocycles. The lowest BCUT2D eigenvalue weighted by molar-refractivity contribution is -0.122. The number of nitrogens with zero attached hydrogens (tertiary/aromatic N) is 2. The predicted octanol–water partition coefficient (Wildman–Crippen LogP) is 1.78. The van der Waals surface area contributed by atoms with Crippen molar-refractivity contribution in [2.45, 2.75) is 39.2 Å². The summed E-state index contributed by atoms with van der Waals surface area (Å²) in [7, 11) is 1.60. The fourth-order valence-electron chi connectivity index (χ4n) is 2.17. The van der Waals surface area contributed by atoms with E-state index in [1.165, 1.54) is 4.68 Å². The highest BCUT2D eigenvalue weighted by Gasteiger charge is 2.19. The van der Waals surface area contributed by atoms with Gasteiger partial charge in [0.25, 0.3) is 5.56 Å². The van der Waals surface area contributed by atoms with Gasteiger partial charge in [0.15, 0.2) is 0 Å². The Morgan fingerprint density at radius 3 is 2.52 bits per heavy atom. The number of hydrogen-bond donors (Lipinski definition) is 1. The fraction of sp³-hybridized carbons (Fsp3) is 0.438. The molecule has 1 heterocycles. The van der Waals surface area contributed by atoms with E-state index < -0.39 is 0 Å². The Labute approximate surface area is 124 Å². The molecule has 1 N–H and O–H groups in total. The third kappa shape index (κ3) is 3.29. The van der Waals surface area contributed by atoms with Crippen molar-refractivity contribution in [3.63, 3.8) is 0 Å². The quantitative estimate of drug-likeness (QED) is 0.932. The van der Waals surface area contributed by atoms with E-state index in [0.717, 1.165) is 11.8 Å². The lowest BCUT2D eigenvalue weighted by atomic mass is 10.0. The first-order valence-corrected chi connectivity index (χ1v) is 7.10. The van der Waals surface area contributed by atoms with Crippen LogP contribution < -0.4 is 10.9 Å². The van der Waals surface area contributed by atoms with Crippen molar-refractivity contribution in [3.8, 4) is 0 Å². The van der Waals surface area contributed by atoms with E-state index in [9.17, 15) is 9.59 Å². The van der Waals surface area contributed by atoms with Crippen molar-refractivity contribution in [1.82, 2.24) is 15.1 Å². The summed E-state index contributed by atoms with van der Waals surface area (Å²) in [5.74, 6) is -0.0850. The summed E-state index contributed by atoms with van der Waals surface area (Å²) in [4.78, 5) is 24.2. The van der Waals surface area contributed by atoms with Gasteiger partial charge in [0.05, 0.1) is 17.5 Å². The molecule has 0 bridgehead atoms. The summed E-state index contributed by atoms with van der Waals surface area (Å²) in [5, 5.41) is 8.56. The van der Waals surface area contributed by atoms with E-state index in [0.29, 0.717) is 11.1 Å². The SMILES string of the molecule is CCC(C)(C)NC(=O)Cc1nn(C)c(=O)c2ccccc12. The second-order valence-electron chi connectivity index (χ2n) is 5.88. The molecule has 1 amide bonds. The van der Waals surface area contributed by atoms with Gasteiger partial charge in [-0.05, 0) is 26.3 Å². The Balaban J connectivity index is 2.37. The van der Waals surface area contributed by atoms with Crippen LogP contribution >= 0.6 is 0 Å². The average molecular weight is 287 g/mol. The zero-order valence-electron chi connectivity index (χ0n) is 12.9. The van der Waals surface area contributed by atoms with E-state index in [-0.39, 0.29) is 23.4 Å². The van der Waals surface area contributed by atoms with E-state index >= 15 is 0 Å². The predicted molar refractivity (Wildman–Crippen MR) is 83.2 cm³/mol. The molecule has 21 heavy (non-hydrogen) atoms. The summed E-state index contributed by atoms with van der Waals surface area (Å²) < 4.78 is 1.29. The normalized spacial score (nSPS) is 11.6. The summed E-state index contributed by atoms with van der Waals surface area (Å²) in [5.41, 5.74) is 0.230. The van der Waals surface area contributed by atoms with Crippen LogP contribution in [-0.2, 0) is 18.3 Å². The average Bonchev–Trinajstić information content (AvgIpc) is 2.44. The van der Waals surface area contributed by atoms with E-state index in [1.54, 1.807) is 13.1 Å². The van der Waals surface area contributed by atoms with E-state index in [2.05, 4.69) is 10.4 Å². The van der Waals surface area contributed by atoms with Crippen LogP contribution in [0.1, 0.15) is 32.9 Å². The Morgan fingerprint density at radius 2 is 1.90 bits per heavy atom. The molecule has 0 aliphatic carbocycles. The molecule has 0 fully saturated rings. The molecular weight excluding hydrogens is 266 g/mol. The number of amides is 1. The van der Waals surface area contributed by atoms with Gasteiger partial charge in [-0.3, -0.25) is 9.59 Å². The van der Waals surface area contributed by atoms with Gasteiger partial charge in [-0.1, -0.05) is 25.1 Å². The maximum absolute atomic E-state index is 12.2. The molecule has 5 nitrogen and oxygen atoms in total. The number of benzene rings is 1. The number of carbonyl (C=O) groups excluding carboxylic acids is 1. The van der Waals surface area contributed by atoms with Gasteiger partial charge < -0.3 is 5.32 Å². The maximum Gasteiger partial charge on any atom is 0.274 e. The van der Waals surface area contributed by atoms with Gasteiger partial charge in [-0.25, -0.2) is 4.68 Å². The van der Waals surface area contributed by atoms with Gasteiger partial charge in [-0.2, -0.15) is 5.10 Å². The maximum atomic E-state index is 12.2. The van der Waals surface area contributed by atoms with Crippen LogP contribution in [0.3, 0.4) is 0 Å². The van der Waals surface area contributed by atoms with Crippen LogP contribution in [0, 0.1) is 0 Å². The Hall–Kier alpha value is -2.17. The first-order chi connectivity index (χ1) is 9.84.